The SMILES string of the molecule is CC(N)C(C)C(=O)Nc1ccc(Oc2ccc(Cl)cc2)nc1. The van der Waals surface area contributed by atoms with Crippen molar-refractivity contribution in [3.63, 3.8) is 0 Å². The van der Waals surface area contributed by atoms with Gasteiger partial charge in [-0.15, -0.1) is 0 Å². The average Bonchev–Trinajstić information content (AvgIpc) is 2.50. The third-order valence-electron chi connectivity index (χ3n) is 3.24. The number of carbonyl (C=O) groups is 1. The van der Waals surface area contributed by atoms with Gasteiger partial charge in [0.15, 0.2) is 0 Å². The van der Waals surface area contributed by atoms with Crippen LogP contribution in [-0.2, 0) is 4.79 Å². The second kappa shape index (κ2) is 7.24. The number of hydrogen-bond donors (Lipinski definition) is 2. The van der Waals surface area contributed by atoms with Crippen molar-refractivity contribution < 1.29 is 9.53 Å². The Kier molecular flexibility index (Phi) is 5.35. The molecule has 0 radical (unpaired) electrons. The van der Waals surface area contributed by atoms with Crippen LogP contribution in [0.15, 0.2) is 42.6 Å². The predicted octanol–water partition coefficient (Wildman–Crippen LogP) is 3.45. The zero-order chi connectivity index (χ0) is 16.1. The van der Waals surface area contributed by atoms with Gasteiger partial charge in [0.2, 0.25) is 11.8 Å². The first-order chi connectivity index (χ1) is 10.5. The predicted molar refractivity (Wildman–Crippen MR) is 87.2 cm³/mol. The summed E-state index contributed by atoms with van der Waals surface area (Å²) in [5, 5.41) is 3.41. The summed E-state index contributed by atoms with van der Waals surface area (Å²) in [6, 6.07) is 10.2. The van der Waals surface area contributed by atoms with E-state index in [2.05, 4.69) is 10.3 Å². The van der Waals surface area contributed by atoms with Gasteiger partial charge in [0, 0.05) is 17.1 Å². The highest BCUT2D eigenvalue weighted by molar-refractivity contribution is 6.30. The zero-order valence-corrected chi connectivity index (χ0v) is 13.2. The second-order valence-corrected chi connectivity index (χ2v) is 5.51. The summed E-state index contributed by atoms with van der Waals surface area (Å²) in [4.78, 5) is 16.1. The van der Waals surface area contributed by atoms with E-state index in [4.69, 9.17) is 22.1 Å². The Morgan fingerprint density at radius 1 is 1.23 bits per heavy atom. The number of anilines is 1. The van der Waals surface area contributed by atoms with Crippen LogP contribution >= 0.6 is 11.6 Å². The third-order valence-corrected chi connectivity index (χ3v) is 3.49. The molecule has 0 aliphatic carbocycles. The molecule has 0 saturated carbocycles. The van der Waals surface area contributed by atoms with Crippen LogP contribution < -0.4 is 15.8 Å². The summed E-state index contributed by atoms with van der Waals surface area (Å²) in [5.74, 6) is 0.660. The molecule has 116 valence electrons. The van der Waals surface area contributed by atoms with Crippen LogP contribution in [0.25, 0.3) is 0 Å². The van der Waals surface area contributed by atoms with Crippen molar-refractivity contribution in [1.82, 2.24) is 4.98 Å². The summed E-state index contributed by atoms with van der Waals surface area (Å²) < 4.78 is 5.58. The van der Waals surface area contributed by atoms with Crippen molar-refractivity contribution in [2.24, 2.45) is 11.7 Å². The molecule has 1 aromatic carbocycles. The Morgan fingerprint density at radius 2 is 1.91 bits per heavy atom. The van der Waals surface area contributed by atoms with E-state index in [1.165, 1.54) is 6.20 Å². The molecule has 0 aliphatic rings. The topological polar surface area (TPSA) is 77.2 Å². The number of nitrogens with one attached hydrogen (secondary N) is 1. The second-order valence-electron chi connectivity index (χ2n) is 5.08. The molecule has 2 rings (SSSR count). The number of pyridine rings is 1. The number of amides is 1. The van der Waals surface area contributed by atoms with Gasteiger partial charge >= 0.3 is 0 Å². The molecule has 1 amide bonds. The van der Waals surface area contributed by atoms with Crippen molar-refractivity contribution in [3.8, 4) is 11.6 Å². The van der Waals surface area contributed by atoms with Crippen molar-refractivity contribution in [2.75, 3.05) is 5.32 Å². The number of carbonyl (C=O) groups excluding carboxylic acids is 1. The molecule has 5 nitrogen and oxygen atoms in total. The molecule has 3 N–H and O–H groups in total. The molecule has 2 aromatic rings. The molecule has 0 aliphatic heterocycles. The van der Waals surface area contributed by atoms with Crippen LogP contribution in [0, 0.1) is 5.92 Å². The van der Waals surface area contributed by atoms with Crippen molar-refractivity contribution in [2.45, 2.75) is 19.9 Å². The zero-order valence-electron chi connectivity index (χ0n) is 12.4. The van der Waals surface area contributed by atoms with Crippen LogP contribution in [0.5, 0.6) is 11.6 Å². The van der Waals surface area contributed by atoms with E-state index in [1.54, 1.807) is 50.2 Å². The van der Waals surface area contributed by atoms with Gasteiger partial charge in [-0.2, -0.15) is 0 Å². The first-order valence-corrected chi connectivity index (χ1v) is 7.29. The van der Waals surface area contributed by atoms with Crippen LogP contribution in [-0.4, -0.2) is 16.9 Å². The summed E-state index contributed by atoms with van der Waals surface area (Å²) in [7, 11) is 0. The maximum Gasteiger partial charge on any atom is 0.228 e. The summed E-state index contributed by atoms with van der Waals surface area (Å²) in [6.45, 7) is 3.58. The van der Waals surface area contributed by atoms with Crippen LogP contribution in [0.4, 0.5) is 5.69 Å². The Balaban J connectivity index is 1.98. The molecule has 0 spiro atoms. The van der Waals surface area contributed by atoms with E-state index >= 15 is 0 Å². The molecular weight excluding hydrogens is 302 g/mol. The van der Waals surface area contributed by atoms with E-state index < -0.39 is 0 Å². The van der Waals surface area contributed by atoms with Gasteiger partial charge in [0.05, 0.1) is 17.8 Å². The summed E-state index contributed by atoms with van der Waals surface area (Å²) in [6.07, 6.45) is 1.54. The molecule has 0 fully saturated rings. The van der Waals surface area contributed by atoms with Crippen molar-refractivity contribution in [1.29, 1.82) is 0 Å². The Labute approximate surface area is 134 Å². The molecule has 0 bridgehead atoms. The maximum absolute atomic E-state index is 11.9. The standard InChI is InChI=1S/C16H18ClN3O2/c1-10(11(2)18)16(21)20-13-5-8-15(19-9-13)22-14-6-3-12(17)4-7-14/h3-11H,18H2,1-2H3,(H,20,21). The Bertz CT molecular complexity index is 627. The molecule has 1 heterocycles. The smallest absolute Gasteiger partial charge is 0.228 e. The van der Waals surface area contributed by atoms with E-state index in [-0.39, 0.29) is 17.9 Å². The maximum atomic E-state index is 11.9. The number of rotatable bonds is 5. The van der Waals surface area contributed by atoms with Gasteiger partial charge in [0.25, 0.3) is 0 Å². The number of halogens is 1. The third kappa shape index (κ3) is 4.44. The lowest BCUT2D eigenvalue weighted by atomic mass is 10.0. The Hall–Kier alpha value is -2.11. The number of nitrogens with zero attached hydrogens (tertiary/aromatic N) is 1. The van der Waals surface area contributed by atoms with Crippen LogP contribution in [0.3, 0.4) is 0 Å². The number of hydrogen-bond acceptors (Lipinski definition) is 4. The Morgan fingerprint density at radius 3 is 2.45 bits per heavy atom. The molecule has 0 saturated heterocycles. The minimum absolute atomic E-state index is 0.136. The fourth-order valence-corrected chi connectivity index (χ4v) is 1.76. The van der Waals surface area contributed by atoms with Crippen LogP contribution in [0.2, 0.25) is 5.02 Å². The lowest BCUT2D eigenvalue weighted by molar-refractivity contribution is -0.119. The number of nitrogens with two attached hydrogens (primary N) is 1. The quantitative estimate of drug-likeness (QED) is 0.885. The molecule has 1 aromatic heterocycles. The largest absolute Gasteiger partial charge is 0.439 e. The van der Waals surface area contributed by atoms with Gasteiger partial charge in [-0.3, -0.25) is 4.79 Å². The van der Waals surface area contributed by atoms with Crippen molar-refractivity contribution >= 4 is 23.2 Å². The molecule has 6 heteroatoms. The summed E-state index contributed by atoms with van der Waals surface area (Å²) >= 11 is 5.81. The highest BCUT2D eigenvalue weighted by Crippen LogP contribution is 2.22. The van der Waals surface area contributed by atoms with Gasteiger partial charge in [-0.25, -0.2) is 4.98 Å². The van der Waals surface area contributed by atoms with Gasteiger partial charge < -0.3 is 15.8 Å². The monoisotopic (exact) mass is 319 g/mol. The fraction of sp³-hybridized carbons (Fsp3) is 0.250. The molecule has 2 unspecified atom stereocenters. The lowest BCUT2D eigenvalue weighted by Gasteiger charge is -2.15. The summed E-state index contributed by atoms with van der Waals surface area (Å²) in [5.41, 5.74) is 6.30. The number of ether oxygens (including phenoxy) is 1. The minimum Gasteiger partial charge on any atom is -0.439 e. The first-order valence-electron chi connectivity index (χ1n) is 6.91. The van der Waals surface area contributed by atoms with E-state index in [1.807, 2.05) is 0 Å². The van der Waals surface area contributed by atoms with Crippen molar-refractivity contribution in [3.05, 3.63) is 47.6 Å². The first kappa shape index (κ1) is 16.3. The number of benzene rings is 1. The lowest BCUT2D eigenvalue weighted by Crippen LogP contribution is -2.34. The fourth-order valence-electron chi connectivity index (χ4n) is 1.63. The molecular formula is C16H18ClN3O2. The average molecular weight is 320 g/mol. The van der Waals surface area contributed by atoms with E-state index in [0.717, 1.165) is 0 Å². The number of aromatic nitrogens is 1. The highest BCUT2D eigenvalue weighted by atomic mass is 35.5. The van der Waals surface area contributed by atoms with E-state index in [0.29, 0.717) is 22.3 Å². The minimum atomic E-state index is -0.273. The van der Waals surface area contributed by atoms with Crippen LogP contribution in [0.1, 0.15) is 13.8 Å². The molecule has 2 atom stereocenters. The van der Waals surface area contributed by atoms with Gasteiger partial charge in [-0.05, 0) is 37.3 Å². The molecule has 22 heavy (non-hydrogen) atoms. The van der Waals surface area contributed by atoms with E-state index in [9.17, 15) is 4.79 Å². The van der Waals surface area contributed by atoms with Gasteiger partial charge in [-0.1, -0.05) is 18.5 Å². The normalized spacial score (nSPS) is 13.3. The van der Waals surface area contributed by atoms with Gasteiger partial charge in [0.1, 0.15) is 5.75 Å². The highest BCUT2D eigenvalue weighted by Gasteiger charge is 2.17.